The molecule has 9 heteroatoms. The maximum atomic E-state index is 13.1. The van der Waals surface area contributed by atoms with Gasteiger partial charge in [-0.1, -0.05) is 50.6 Å². The topological polar surface area (TPSA) is 78.5 Å². The number of tetrazole rings is 1. The molecule has 0 aliphatic carbocycles. The fraction of sp³-hybridized carbons (Fsp3) is 0.526. The third-order valence-corrected chi connectivity index (χ3v) is 5.68. The molecule has 0 saturated carbocycles. The smallest absolute Gasteiger partial charge is 0.262 e. The largest absolute Gasteiger partial charge is 0.287 e. The highest BCUT2D eigenvalue weighted by Crippen LogP contribution is 2.23. The van der Waals surface area contributed by atoms with Crippen LogP contribution in [0.15, 0.2) is 28.2 Å². The number of benzene rings is 1. The molecule has 0 aliphatic heterocycles. The lowest BCUT2D eigenvalue weighted by molar-refractivity contribution is 0.480. The molecule has 2 heterocycles. The number of thioether (sulfide) groups is 1. The summed E-state index contributed by atoms with van der Waals surface area (Å²) in [6.07, 6.45) is 3.01. The van der Waals surface area contributed by atoms with Crippen molar-refractivity contribution < 1.29 is 0 Å². The summed E-state index contributed by atoms with van der Waals surface area (Å²) in [6, 6.07) is 5.22. The Morgan fingerprint density at radius 1 is 1.25 bits per heavy atom. The van der Waals surface area contributed by atoms with Crippen molar-refractivity contribution in [3.05, 3.63) is 39.4 Å². The average molecular weight is 421 g/mol. The van der Waals surface area contributed by atoms with E-state index in [1.54, 1.807) is 22.8 Å². The minimum atomic E-state index is -0.0320. The van der Waals surface area contributed by atoms with Gasteiger partial charge in [-0.25, -0.2) is 9.67 Å². The van der Waals surface area contributed by atoms with E-state index in [-0.39, 0.29) is 5.56 Å². The van der Waals surface area contributed by atoms with Crippen molar-refractivity contribution in [1.29, 1.82) is 0 Å². The molecule has 0 radical (unpaired) electrons. The van der Waals surface area contributed by atoms with Crippen LogP contribution in [0.1, 0.15) is 45.9 Å². The molecule has 0 atom stereocenters. The number of rotatable bonds is 9. The molecule has 0 fully saturated rings. The van der Waals surface area contributed by atoms with Crippen molar-refractivity contribution in [3.8, 4) is 0 Å². The summed E-state index contributed by atoms with van der Waals surface area (Å²) in [5.74, 6) is 1.83. The summed E-state index contributed by atoms with van der Waals surface area (Å²) in [5, 5.41) is 13.8. The van der Waals surface area contributed by atoms with Crippen LogP contribution >= 0.6 is 23.4 Å². The highest BCUT2D eigenvalue weighted by Gasteiger charge is 2.14. The van der Waals surface area contributed by atoms with Crippen LogP contribution in [0.2, 0.25) is 5.02 Å². The van der Waals surface area contributed by atoms with E-state index in [1.165, 1.54) is 11.8 Å². The third-order valence-electron chi connectivity index (χ3n) is 4.47. The fourth-order valence-electron chi connectivity index (χ4n) is 2.81. The molecule has 28 heavy (non-hydrogen) atoms. The summed E-state index contributed by atoms with van der Waals surface area (Å²) >= 11 is 7.59. The Bertz CT molecular complexity index is 1000. The minimum Gasteiger partial charge on any atom is -0.287 e. The Balaban J connectivity index is 1.92. The number of aryl methyl sites for hydroxylation is 1. The first-order valence-electron chi connectivity index (χ1n) is 9.57. The summed E-state index contributed by atoms with van der Waals surface area (Å²) in [4.78, 5) is 17.8. The molecular weight excluding hydrogens is 396 g/mol. The quantitative estimate of drug-likeness (QED) is 0.381. The van der Waals surface area contributed by atoms with Crippen molar-refractivity contribution in [2.75, 3.05) is 0 Å². The second kappa shape index (κ2) is 9.52. The van der Waals surface area contributed by atoms with Crippen LogP contribution in [0.4, 0.5) is 0 Å². The molecule has 1 aromatic carbocycles. The Labute approximate surface area is 173 Å². The molecule has 0 bridgehead atoms. The van der Waals surface area contributed by atoms with Gasteiger partial charge in [0.1, 0.15) is 0 Å². The van der Waals surface area contributed by atoms with E-state index in [9.17, 15) is 4.79 Å². The van der Waals surface area contributed by atoms with Gasteiger partial charge in [-0.05, 0) is 47.4 Å². The summed E-state index contributed by atoms with van der Waals surface area (Å²) in [5.41, 5.74) is 0.585. The van der Waals surface area contributed by atoms with Gasteiger partial charge >= 0.3 is 0 Å². The molecule has 3 aromatic rings. The van der Waals surface area contributed by atoms with E-state index in [1.807, 2.05) is 4.68 Å². The van der Waals surface area contributed by atoms with Crippen LogP contribution in [0.25, 0.3) is 10.9 Å². The summed E-state index contributed by atoms with van der Waals surface area (Å²) in [6.45, 7) is 7.85. The highest BCUT2D eigenvalue weighted by atomic mass is 35.5. The standard InChI is InChI=1S/C19H25ClN6OS/c1-4-5-9-26-17(22-23-24-26)12-28-19-21-16-11-14(20)6-7-15(16)18(27)25(19)10-8-13(2)3/h6-7,11,13H,4-5,8-10,12H2,1-3H3. The van der Waals surface area contributed by atoms with Gasteiger partial charge in [-0.15, -0.1) is 5.10 Å². The Kier molecular flexibility index (Phi) is 7.07. The zero-order valence-corrected chi connectivity index (χ0v) is 18.0. The molecule has 0 aliphatic rings. The monoisotopic (exact) mass is 420 g/mol. The van der Waals surface area contributed by atoms with E-state index in [2.05, 4.69) is 36.3 Å². The minimum absolute atomic E-state index is 0.0320. The lowest BCUT2D eigenvalue weighted by Gasteiger charge is -2.14. The molecule has 0 N–H and O–H groups in total. The molecule has 0 spiro atoms. The van der Waals surface area contributed by atoms with Crippen LogP contribution in [-0.4, -0.2) is 29.8 Å². The number of hydrogen-bond donors (Lipinski definition) is 0. The van der Waals surface area contributed by atoms with Crippen molar-refractivity contribution >= 4 is 34.3 Å². The number of halogens is 1. The summed E-state index contributed by atoms with van der Waals surface area (Å²) in [7, 11) is 0. The Hall–Kier alpha value is -1.93. The zero-order valence-electron chi connectivity index (χ0n) is 16.4. The van der Waals surface area contributed by atoms with E-state index in [0.29, 0.717) is 39.3 Å². The maximum absolute atomic E-state index is 13.1. The van der Waals surface area contributed by atoms with E-state index < -0.39 is 0 Å². The molecule has 3 rings (SSSR count). The first-order chi connectivity index (χ1) is 13.5. The first-order valence-corrected chi connectivity index (χ1v) is 10.9. The first kappa shape index (κ1) is 20.8. The zero-order chi connectivity index (χ0) is 20.1. The van der Waals surface area contributed by atoms with E-state index in [4.69, 9.17) is 16.6 Å². The Morgan fingerprint density at radius 2 is 2.07 bits per heavy atom. The van der Waals surface area contributed by atoms with Crippen molar-refractivity contribution in [1.82, 2.24) is 29.8 Å². The van der Waals surface area contributed by atoms with Crippen molar-refractivity contribution in [2.24, 2.45) is 5.92 Å². The second-order valence-corrected chi connectivity index (χ2v) is 8.53. The molecule has 150 valence electrons. The van der Waals surface area contributed by atoms with Crippen molar-refractivity contribution in [2.45, 2.75) is 64.0 Å². The molecule has 0 amide bonds. The van der Waals surface area contributed by atoms with Gasteiger partial charge in [0, 0.05) is 18.1 Å². The van der Waals surface area contributed by atoms with Crippen LogP contribution < -0.4 is 5.56 Å². The predicted octanol–water partition coefficient (Wildman–Crippen LogP) is 4.17. The van der Waals surface area contributed by atoms with Crippen LogP contribution in [0.3, 0.4) is 0 Å². The number of hydrogen-bond acceptors (Lipinski definition) is 6. The maximum Gasteiger partial charge on any atom is 0.262 e. The molecule has 0 unspecified atom stereocenters. The number of unbranched alkanes of at least 4 members (excludes halogenated alkanes) is 1. The predicted molar refractivity (Wildman–Crippen MR) is 113 cm³/mol. The molecule has 0 saturated heterocycles. The summed E-state index contributed by atoms with van der Waals surface area (Å²) < 4.78 is 3.59. The van der Waals surface area contributed by atoms with E-state index >= 15 is 0 Å². The van der Waals surface area contributed by atoms with E-state index in [0.717, 1.165) is 31.6 Å². The fourth-order valence-corrected chi connectivity index (χ4v) is 3.93. The number of aromatic nitrogens is 6. The van der Waals surface area contributed by atoms with Gasteiger partial charge in [0.2, 0.25) is 0 Å². The van der Waals surface area contributed by atoms with Gasteiger partial charge in [0.25, 0.3) is 5.56 Å². The van der Waals surface area contributed by atoms with Gasteiger partial charge in [-0.2, -0.15) is 0 Å². The normalized spacial score (nSPS) is 11.6. The highest BCUT2D eigenvalue weighted by molar-refractivity contribution is 7.98. The van der Waals surface area contributed by atoms with Crippen LogP contribution in [-0.2, 0) is 18.8 Å². The second-order valence-electron chi connectivity index (χ2n) is 7.16. The van der Waals surface area contributed by atoms with Gasteiger partial charge in [-0.3, -0.25) is 9.36 Å². The molecular formula is C19H25ClN6OS. The van der Waals surface area contributed by atoms with Gasteiger partial charge < -0.3 is 0 Å². The molecule has 2 aromatic heterocycles. The van der Waals surface area contributed by atoms with Gasteiger partial charge in [0.05, 0.1) is 16.7 Å². The third kappa shape index (κ3) is 4.91. The SMILES string of the molecule is CCCCn1nnnc1CSc1nc2cc(Cl)ccc2c(=O)n1CCC(C)C. The van der Waals surface area contributed by atoms with Crippen LogP contribution in [0.5, 0.6) is 0 Å². The van der Waals surface area contributed by atoms with Gasteiger partial charge in [0.15, 0.2) is 11.0 Å². The lowest BCUT2D eigenvalue weighted by atomic mass is 10.1. The van der Waals surface area contributed by atoms with Crippen LogP contribution in [0, 0.1) is 5.92 Å². The lowest BCUT2D eigenvalue weighted by Crippen LogP contribution is -2.24. The molecule has 7 nitrogen and oxygen atoms in total. The number of fused-ring (bicyclic) bond motifs is 1. The Morgan fingerprint density at radius 3 is 2.82 bits per heavy atom. The number of nitrogens with zero attached hydrogens (tertiary/aromatic N) is 6. The van der Waals surface area contributed by atoms with Crippen molar-refractivity contribution in [3.63, 3.8) is 0 Å². The average Bonchev–Trinajstić information content (AvgIpc) is 3.11.